The molecular formula is C12H15NO4. The molecule has 17 heavy (non-hydrogen) atoms. The minimum absolute atomic E-state index is 0.0130. The first-order valence-corrected chi connectivity index (χ1v) is 6.16. The maximum absolute atomic E-state index is 11.6. The first kappa shape index (κ1) is 10.7. The zero-order valence-electron chi connectivity index (χ0n) is 9.55. The summed E-state index contributed by atoms with van der Waals surface area (Å²) in [4.78, 5) is 35.2. The molecule has 0 aromatic carbocycles. The number of carbonyl (C=O) groups excluding carboxylic acids is 3. The number of likely N-dealkylation sites (tertiary alicyclic amines) is 1. The number of rotatable bonds is 3. The van der Waals surface area contributed by atoms with Crippen LogP contribution in [0.2, 0.25) is 0 Å². The average molecular weight is 237 g/mol. The molecular weight excluding hydrogens is 222 g/mol. The molecule has 0 bridgehead atoms. The molecule has 0 aromatic rings. The summed E-state index contributed by atoms with van der Waals surface area (Å²) >= 11 is 0. The summed E-state index contributed by atoms with van der Waals surface area (Å²) in [5, 5.41) is 0. The molecule has 0 spiro atoms. The van der Waals surface area contributed by atoms with Crippen molar-refractivity contribution in [1.29, 1.82) is 0 Å². The molecule has 2 amide bonds. The summed E-state index contributed by atoms with van der Waals surface area (Å²) in [6, 6.07) is 0. The van der Waals surface area contributed by atoms with Crippen LogP contribution in [0, 0.1) is 11.8 Å². The number of hydrogen-bond acceptors (Lipinski definition) is 4. The molecule has 3 fully saturated rings. The number of nitrogens with zero attached hydrogens (tertiary/aromatic N) is 1. The van der Waals surface area contributed by atoms with Crippen LogP contribution in [0.4, 0.5) is 0 Å². The molecule has 3 atom stereocenters. The van der Waals surface area contributed by atoms with E-state index < -0.39 is 5.97 Å². The standard InChI is InChI=1S/C12H15NO4/c14-10-1-2-11(15)13(10)6-12(16)17-9-4-7-3-8(7)5-9/h7-9H,1-6H2/t7-,8+,9?. The number of esters is 1. The van der Waals surface area contributed by atoms with Crippen molar-refractivity contribution in [3.05, 3.63) is 0 Å². The Bertz CT molecular complexity index is 366. The molecule has 1 heterocycles. The number of ether oxygens (including phenoxy) is 1. The fraction of sp³-hybridized carbons (Fsp3) is 0.750. The predicted octanol–water partition coefficient (Wildman–Crippen LogP) is 0.477. The van der Waals surface area contributed by atoms with E-state index in [0.717, 1.165) is 29.6 Å². The molecule has 0 N–H and O–H groups in total. The largest absolute Gasteiger partial charge is 0.461 e. The number of amides is 2. The Balaban J connectivity index is 1.49. The summed E-state index contributed by atoms with van der Waals surface area (Å²) in [7, 11) is 0. The first-order valence-electron chi connectivity index (χ1n) is 6.16. The monoisotopic (exact) mass is 237 g/mol. The van der Waals surface area contributed by atoms with Crippen LogP contribution in [0.1, 0.15) is 32.1 Å². The molecule has 1 unspecified atom stereocenters. The van der Waals surface area contributed by atoms with Gasteiger partial charge in [-0.1, -0.05) is 0 Å². The third kappa shape index (κ3) is 2.06. The van der Waals surface area contributed by atoms with E-state index in [0.29, 0.717) is 0 Å². The fourth-order valence-electron chi connectivity index (χ4n) is 2.91. The van der Waals surface area contributed by atoms with Crippen molar-refractivity contribution >= 4 is 17.8 Å². The Morgan fingerprint density at radius 2 is 1.71 bits per heavy atom. The van der Waals surface area contributed by atoms with Crippen LogP contribution in [-0.2, 0) is 19.1 Å². The molecule has 1 aliphatic heterocycles. The van der Waals surface area contributed by atoms with Crippen molar-refractivity contribution in [2.75, 3.05) is 6.54 Å². The molecule has 5 heteroatoms. The van der Waals surface area contributed by atoms with E-state index in [-0.39, 0.29) is 37.3 Å². The normalized spacial score (nSPS) is 35.1. The highest BCUT2D eigenvalue weighted by Gasteiger charge is 2.47. The summed E-state index contributed by atoms with van der Waals surface area (Å²) in [5.41, 5.74) is 0. The number of imide groups is 1. The Morgan fingerprint density at radius 1 is 1.12 bits per heavy atom. The van der Waals surface area contributed by atoms with E-state index in [1.807, 2.05) is 0 Å². The lowest BCUT2D eigenvalue weighted by atomic mass is 10.2. The number of carbonyl (C=O) groups is 3. The van der Waals surface area contributed by atoms with Crippen LogP contribution in [-0.4, -0.2) is 35.3 Å². The maximum Gasteiger partial charge on any atom is 0.326 e. The van der Waals surface area contributed by atoms with Gasteiger partial charge in [-0.2, -0.15) is 0 Å². The third-order valence-electron chi connectivity index (χ3n) is 3.94. The van der Waals surface area contributed by atoms with Crippen molar-refractivity contribution in [3.63, 3.8) is 0 Å². The van der Waals surface area contributed by atoms with Gasteiger partial charge in [-0.15, -0.1) is 0 Å². The third-order valence-corrected chi connectivity index (χ3v) is 3.94. The highest BCUT2D eigenvalue weighted by molar-refractivity contribution is 6.04. The van der Waals surface area contributed by atoms with Crippen molar-refractivity contribution in [1.82, 2.24) is 4.90 Å². The molecule has 3 rings (SSSR count). The van der Waals surface area contributed by atoms with Gasteiger partial charge in [0.1, 0.15) is 12.6 Å². The van der Waals surface area contributed by atoms with Gasteiger partial charge >= 0.3 is 5.97 Å². The van der Waals surface area contributed by atoms with Gasteiger partial charge in [-0.3, -0.25) is 19.3 Å². The zero-order chi connectivity index (χ0) is 12.0. The lowest BCUT2D eigenvalue weighted by Gasteiger charge is -2.17. The molecule has 2 aliphatic carbocycles. The zero-order valence-corrected chi connectivity index (χ0v) is 9.55. The van der Waals surface area contributed by atoms with Gasteiger partial charge in [0, 0.05) is 12.8 Å². The summed E-state index contributed by atoms with van der Waals surface area (Å²) in [6.07, 6.45) is 3.65. The molecule has 92 valence electrons. The second-order valence-electron chi connectivity index (χ2n) is 5.21. The van der Waals surface area contributed by atoms with Gasteiger partial charge in [0.2, 0.25) is 11.8 Å². The fourth-order valence-corrected chi connectivity index (χ4v) is 2.91. The van der Waals surface area contributed by atoms with Crippen LogP contribution in [0.3, 0.4) is 0 Å². The van der Waals surface area contributed by atoms with Crippen LogP contribution >= 0.6 is 0 Å². The minimum atomic E-state index is -0.445. The van der Waals surface area contributed by atoms with Gasteiger partial charge in [0.15, 0.2) is 0 Å². The second-order valence-corrected chi connectivity index (χ2v) is 5.21. The molecule has 0 aromatic heterocycles. The summed E-state index contributed by atoms with van der Waals surface area (Å²) < 4.78 is 5.29. The summed E-state index contributed by atoms with van der Waals surface area (Å²) in [5.74, 6) is 0.535. The van der Waals surface area contributed by atoms with E-state index in [4.69, 9.17) is 4.74 Å². The molecule has 5 nitrogen and oxygen atoms in total. The van der Waals surface area contributed by atoms with Gasteiger partial charge < -0.3 is 4.74 Å². The Labute approximate surface area is 99.1 Å². The van der Waals surface area contributed by atoms with Crippen LogP contribution in [0.5, 0.6) is 0 Å². The van der Waals surface area contributed by atoms with E-state index in [1.165, 1.54) is 6.42 Å². The topological polar surface area (TPSA) is 63.7 Å². The average Bonchev–Trinajstić information content (AvgIpc) is 2.78. The van der Waals surface area contributed by atoms with Gasteiger partial charge in [-0.05, 0) is 31.1 Å². The SMILES string of the molecule is O=C(CN1C(=O)CCC1=O)OC1C[C@@H]2C[C@@H]2C1. The van der Waals surface area contributed by atoms with E-state index in [2.05, 4.69) is 0 Å². The van der Waals surface area contributed by atoms with Gasteiger partial charge in [-0.25, -0.2) is 0 Å². The highest BCUT2D eigenvalue weighted by Crippen LogP contribution is 2.52. The van der Waals surface area contributed by atoms with Crippen LogP contribution in [0.15, 0.2) is 0 Å². The van der Waals surface area contributed by atoms with Crippen LogP contribution in [0.25, 0.3) is 0 Å². The van der Waals surface area contributed by atoms with Crippen molar-refractivity contribution < 1.29 is 19.1 Å². The first-order chi connectivity index (χ1) is 8.13. The van der Waals surface area contributed by atoms with E-state index in [9.17, 15) is 14.4 Å². The second kappa shape index (κ2) is 3.82. The molecule has 3 aliphatic rings. The smallest absolute Gasteiger partial charge is 0.326 e. The van der Waals surface area contributed by atoms with Crippen molar-refractivity contribution in [2.24, 2.45) is 11.8 Å². The van der Waals surface area contributed by atoms with Crippen molar-refractivity contribution in [2.45, 2.75) is 38.2 Å². The lowest BCUT2D eigenvalue weighted by Crippen LogP contribution is -2.36. The van der Waals surface area contributed by atoms with Gasteiger partial charge in [0.05, 0.1) is 0 Å². The minimum Gasteiger partial charge on any atom is -0.461 e. The summed E-state index contributed by atoms with van der Waals surface area (Å²) in [6.45, 7) is -0.205. The Hall–Kier alpha value is -1.39. The van der Waals surface area contributed by atoms with Crippen molar-refractivity contribution in [3.8, 4) is 0 Å². The Morgan fingerprint density at radius 3 is 2.29 bits per heavy atom. The lowest BCUT2D eigenvalue weighted by molar-refractivity contribution is -0.156. The molecule has 1 saturated heterocycles. The van der Waals surface area contributed by atoms with Gasteiger partial charge in [0.25, 0.3) is 0 Å². The predicted molar refractivity (Wildman–Crippen MR) is 56.7 cm³/mol. The highest BCUT2D eigenvalue weighted by atomic mass is 16.5. The molecule has 2 saturated carbocycles. The molecule has 0 radical (unpaired) electrons. The van der Waals surface area contributed by atoms with E-state index in [1.54, 1.807) is 0 Å². The maximum atomic E-state index is 11.6. The Kier molecular flexibility index (Phi) is 2.42. The van der Waals surface area contributed by atoms with Crippen LogP contribution < -0.4 is 0 Å². The quantitative estimate of drug-likeness (QED) is 0.529. The number of hydrogen-bond donors (Lipinski definition) is 0. The number of fused-ring (bicyclic) bond motifs is 1. The van der Waals surface area contributed by atoms with E-state index >= 15 is 0 Å².